The normalized spacial score (nSPS) is 12.9. The topological polar surface area (TPSA) is 84.2 Å². The van der Waals surface area contributed by atoms with Crippen LogP contribution in [0.25, 0.3) is 0 Å². The second-order valence-electron chi connectivity index (χ2n) is 6.16. The molecule has 112 valence electrons. The maximum Gasteiger partial charge on any atom is 0.239 e. The van der Waals surface area contributed by atoms with Gasteiger partial charge in [0.2, 0.25) is 11.8 Å². The molecule has 0 aliphatic rings. The van der Waals surface area contributed by atoms with Gasteiger partial charge >= 0.3 is 0 Å². The van der Waals surface area contributed by atoms with E-state index in [-0.39, 0.29) is 29.8 Å². The third-order valence-corrected chi connectivity index (χ3v) is 2.69. The molecule has 0 saturated heterocycles. The van der Waals surface area contributed by atoms with Crippen LogP contribution in [-0.2, 0) is 9.59 Å². The number of nitrogens with one attached hydrogen (secondary N) is 2. The SMILES string of the molecule is CCCCC(CN)NC(=O)CNC(=O)CC(C)(C)C. The monoisotopic (exact) mass is 271 g/mol. The molecule has 0 radical (unpaired) electrons. The van der Waals surface area contributed by atoms with Crippen molar-refractivity contribution < 1.29 is 9.59 Å². The van der Waals surface area contributed by atoms with Crippen molar-refractivity contribution in [3.8, 4) is 0 Å². The first-order valence-corrected chi connectivity index (χ1v) is 7.04. The lowest BCUT2D eigenvalue weighted by atomic mass is 9.92. The molecule has 0 aromatic carbocycles. The second kappa shape index (κ2) is 8.91. The van der Waals surface area contributed by atoms with Crippen LogP contribution in [0.5, 0.6) is 0 Å². The van der Waals surface area contributed by atoms with E-state index in [1.165, 1.54) is 0 Å². The molecule has 5 heteroatoms. The van der Waals surface area contributed by atoms with Gasteiger partial charge < -0.3 is 16.4 Å². The van der Waals surface area contributed by atoms with Gasteiger partial charge in [0.05, 0.1) is 6.54 Å². The van der Waals surface area contributed by atoms with E-state index in [4.69, 9.17) is 5.73 Å². The smallest absolute Gasteiger partial charge is 0.239 e. The Morgan fingerprint density at radius 2 is 1.84 bits per heavy atom. The molecule has 0 aliphatic carbocycles. The first-order chi connectivity index (χ1) is 8.78. The van der Waals surface area contributed by atoms with Crippen molar-refractivity contribution in [1.29, 1.82) is 0 Å². The van der Waals surface area contributed by atoms with E-state index in [2.05, 4.69) is 17.6 Å². The molecular weight excluding hydrogens is 242 g/mol. The van der Waals surface area contributed by atoms with Gasteiger partial charge in [-0.25, -0.2) is 0 Å². The minimum absolute atomic E-state index is 0.00645. The Morgan fingerprint density at radius 1 is 1.21 bits per heavy atom. The second-order valence-corrected chi connectivity index (χ2v) is 6.16. The molecule has 0 rings (SSSR count). The van der Waals surface area contributed by atoms with E-state index >= 15 is 0 Å². The third kappa shape index (κ3) is 10.5. The molecular formula is C14H29N3O2. The first kappa shape index (κ1) is 17.9. The van der Waals surface area contributed by atoms with Gasteiger partial charge in [-0.1, -0.05) is 40.5 Å². The van der Waals surface area contributed by atoms with E-state index in [9.17, 15) is 9.59 Å². The largest absolute Gasteiger partial charge is 0.351 e. The zero-order chi connectivity index (χ0) is 14.9. The number of amides is 2. The van der Waals surface area contributed by atoms with Gasteiger partial charge in [-0.05, 0) is 11.8 Å². The van der Waals surface area contributed by atoms with Crippen LogP contribution < -0.4 is 16.4 Å². The number of hydrogen-bond acceptors (Lipinski definition) is 3. The highest BCUT2D eigenvalue weighted by Crippen LogP contribution is 2.17. The first-order valence-electron chi connectivity index (χ1n) is 7.04. The maximum atomic E-state index is 11.7. The van der Waals surface area contributed by atoms with Gasteiger partial charge in [-0.3, -0.25) is 9.59 Å². The Hall–Kier alpha value is -1.10. The van der Waals surface area contributed by atoms with E-state index in [0.29, 0.717) is 13.0 Å². The quantitative estimate of drug-likeness (QED) is 0.619. The molecule has 0 aliphatic heterocycles. The molecule has 19 heavy (non-hydrogen) atoms. The Morgan fingerprint density at radius 3 is 2.32 bits per heavy atom. The third-order valence-electron chi connectivity index (χ3n) is 2.69. The summed E-state index contributed by atoms with van der Waals surface area (Å²) < 4.78 is 0. The zero-order valence-corrected chi connectivity index (χ0v) is 12.7. The predicted octanol–water partition coefficient (Wildman–Crippen LogP) is 1.17. The average molecular weight is 271 g/mol. The highest BCUT2D eigenvalue weighted by Gasteiger charge is 2.17. The molecule has 0 aromatic rings. The number of nitrogens with two attached hydrogens (primary N) is 1. The van der Waals surface area contributed by atoms with E-state index in [0.717, 1.165) is 19.3 Å². The number of carbonyl (C=O) groups excluding carboxylic acids is 2. The fourth-order valence-corrected chi connectivity index (χ4v) is 1.70. The molecule has 0 spiro atoms. The summed E-state index contributed by atoms with van der Waals surface area (Å²) >= 11 is 0. The molecule has 4 N–H and O–H groups in total. The van der Waals surface area contributed by atoms with Crippen LogP contribution in [-0.4, -0.2) is 30.9 Å². The lowest BCUT2D eigenvalue weighted by molar-refractivity contribution is -0.127. The predicted molar refractivity (Wildman–Crippen MR) is 77.6 cm³/mol. The molecule has 1 unspecified atom stereocenters. The van der Waals surface area contributed by atoms with Gasteiger partial charge in [0, 0.05) is 19.0 Å². The Balaban J connectivity index is 3.94. The van der Waals surface area contributed by atoms with E-state index in [1.54, 1.807) is 0 Å². The minimum atomic E-state index is -0.172. The highest BCUT2D eigenvalue weighted by molar-refractivity contribution is 5.85. The molecule has 2 amide bonds. The lowest BCUT2D eigenvalue weighted by Crippen LogP contribution is -2.45. The van der Waals surface area contributed by atoms with Crippen molar-refractivity contribution >= 4 is 11.8 Å². The minimum Gasteiger partial charge on any atom is -0.351 e. The molecule has 1 atom stereocenters. The highest BCUT2D eigenvalue weighted by atomic mass is 16.2. The molecule has 0 aromatic heterocycles. The summed E-state index contributed by atoms with van der Waals surface area (Å²) in [5, 5.41) is 5.47. The Bertz CT molecular complexity index is 285. The molecule has 0 bridgehead atoms. The van der Waals surface area contributed by atoms with E-state index < -0.39 is 0 Å². The van der Waals surface area contributed by atoms with Crippen LogP contribution in [0.3, 0.4) is 0 Å². The zero-order valence-electron chi connectivity index (χ0n) is 12.7. The summed E-state index contributed by atoms with van der Waals surface area (Å²) in [6.45, 7) is 8.52. The number of carbonyl (C=O) groups is 2. The van der Waals surface area contributed by atoms with Gasteiger partial charge in [0.15, 0.2) is 0 Å². The van der Waals surface area contributed by atoms with Crippen molar-refractivity contribution in [1.82, 2.24) is 10.6 Å². The molecule has 5 nitrogen and oxygen atoms in total. The Kier molecular flexibility index (Phi) is 8.39. The van der Waals surface area contributed by atoms with Gasteiger partial charge in [-0.2, -0.15) is 0 Å². The maximum absolute atomic E-state index is 11.7. The number of hydrogen-bond donors (Lipinski definition) is 3. The van der Waals surface area contributed by atoms with Gasteiger partial charge in [0.1, 0.15) is 0 Å². The summed E-state index contributed by atoms with van der Waals surface area (Å²) in [7, 11) is 0. The van der Waals surface area contributed by atoms with Crippen LogP contribution in [0.1, 0.15) is 53.4 Å². The fourth-order valence-electron chi connectivity index (χ4n) is 1.70. The summed E-state index contributed by atoms with van der Waals surface area (Å²) in [6.07, 6.45) is 3.42. The number of unbranched alkanes of at least 4 members (excludes halogenated alkanes) is 1. The van der Waals surface area contributed by atoms with Crippen LogP contribution in [0.15, 0.2) is 0 Å². The summed E-state index contributed by atoms with van der Waals surface area (Å²) in [5.74, 6) is -0.269. The van der Waals surface area contributed by atoms with Crippen molar-refractivity contribution in [3.05, 3.63) is 0 Å². The van der Waals surface area contributed by atoms with Gasteiger partial charge in [-0.15, -0.1) is 0 Å². The van der Waals surface area contributed by atoms with E-state index in [1.807, 2.05) is 20.8 Å². The van der Waals surface area contributed by atoms with Crippen molar-refractivity contribution in [3.63, 3.8) is 0 Å². The average Bonchev–Trinajstić information content (AvgIpc) is 2.29. The van der Waals surface area contributed by atoms with Crippen molar-refractivity contribution in [2.45, 2.75) is 59.4 Å². The van der Waals surface area contributed by atoms with Crippen molar-refractivity contribution in [2.75, 3.05) is 13.1 Å². The lowest BCUT2D eigenvalue weighted by Gasteiger charge is -2.19. The standard InChI is InChI=1S/C14H29N3O2/c1-5-6-7-11(9-15)17-13(19)10-16-12(18)8-14(2,3)4/h11H,5-10,15H2,1-4H3,(H,16,18)(H,17,19). The van der Waals surface area contributed by atoms with Crippen LogP contribution >= 0.6 is 0 Å². The van der Waals surface area contributed by atoms with Crippen LogP contribution in [0, 0.1) is 5.41 Å². The molecule has 0 heterocycles. The number of rotatable bonds is 8. The Labute approximate surface area is 116 Å². The molecule has 0 saturated carbocycles. The van der Waals surface area contributed by atoms with Crippen LogP contribution in [0.2, 0.25) is 0 Å². The van der Waals surface area contributed by atoms with Crippen LogP contribution in [0.4, 0.5) is 0 Å². The van der Waals surface area contributed by atoms with Crippen molar-refractivity contribution in [2.24, 2.45) is 11.1 Å². The van der Waals surface area contributed by atoms with Gasteiger partial charge in [0.25, 0.3) is 0 Å². The summed E-state index contributed by atoms with van der Waals surface area (Å²) in [6, 6.07) is 0.00645. The fraction of sp³-hybridized carbons (Fsp3) is 0.857. The summed E-state index contributed by atoms with van der Waals surface area (Å²) in [5.41, 5.74) is 5.53. The molecule has 0 fully saturated rings. The summed E-state index contributed by atoms with van der Waals surface area (Å²) in [4.78, 5) is 23.2.